The number of rotatable bonds is 47. The normalized spacial score (nSPS) is 13.3. The van der Waals surface area contributed by atoms with Crippen LogP contribution < -0.4 is 0 Å². The molecule has 0 bridgehead atoms. The Morgan fingerprint density at radius 2 is 0.551 bits per heavy atom. The summed E-state index contributed by atoms with van der Waals surface area (Å²) in [5, 5.41) is 0. The van der Waals surface area contributed by atoms with Gasteiger partial charge >= 0.3 is 17.9 Å². The van der Waals surface area contributed by atoms with Crippen LogP contribution in [0.5, 0.6) is 0 Å². The second-order valence-electron chi connectivity index (χ2n) is 17.3. The van der Waals surface area contributed by atoms with Crippen molar-refractivity contribution in [3.05, 3.63) is 146 Å². The number of hydrogen-bond donors (Lipinski definition) is 0. The van der Waals surface area contributed by atoms with Crippen LogP contribution in [-0.4, -0.2) is 37.2 Å². The number of hydrogen-bond acceptors (Lipinski definition) is 6. The van der Waals surface area contributed by atoms with Crippen molar-refractivity contribution in [1.82, 2.24) is 0 Å². The molecule has 0 N–H and O–H groups in total. The largest absolute Gasteiger partial charge is 0.462 e. The Hall–Kier alpha value is -4.71. The molecule has 0 spiro atoms. The molecule has 1 unspecified atom stereocenters. The van der Waals surface area contributed by atoms with Crippen LogP contribution in [0.3, 0.4) is 0 Å². The molecular formula is C63H98O6. The number of esters is 3. The Kier molecular flexibility index (Phi) is 52.1. The fourth-order valence-corrected chi connectivity index (χ4v) is 6.87. The Morgan fingerprint density at radius 3 is 0.899 bits per heavy atom. The standard InChI is InChI=1S/C63H98O6/c1-4-7-10-13-16-19-22-25-26-27-28-29-30-31-32-33-34-35-36-39-41-44-47-50-53-56-62(65)68-59-60(69-63(66)57-54-51-48-45-42-38-24-21-18-15-12-9-6-3)58-67-61(64)55-52-49-46-43-40-37-23-20-17-14-11-8-5-2/h7-12,16-21,25-26,28-29,37-38,40,42,46,48-49,51,60H,4-6,13-15,22-24,27,30-36,39,41,43-45,47,50,52-59H2,1-3H3/b10-7-,11-8-,12-9-,19-16-,20-17-,21-18-,26-25-,29-28-,40-37-,42-38-,49-46-,51-48-. The fourth-order valence-electron chi connectivity index (χ4n) is 6.87. The maximum absolute atomic E-state index is 12.8. The van der Waals surface area contributed by atoms with E-state index >= 15 is 0 Å². The van der Waals surface area contributed by atoms with Crippen molar-refractivity contribution < 1.29 is 28.6 Å². The Balaban J connectivity index is 4.41. The average Bonchev–Trinajstić information content (AvgIpc) is 3.35. The van der Waals surface area contributed by atoms with Gasteiger partial charge in [-0.15, -0.1) is 0 Å². The Bertz CT molecular complexity index is 1560. The van der Waals surface area contributed by atoms with Gasteiger partial charge in [-0.05, 0) is 109 Å². The number of carbonyl (C=O) groups is 3. The molecule has 6 nitrogen and oxygen atoms in total. The zero-order valence-electron chi connectivity index (χ0n) is 44.0. The number of ether oxygens (including phenoxy) is 3. The van der Waals surface area contributed by atoms with Crippen LogP contribution in [0.15, 0.2) is 146 Å². The number of carbonyl (C=O) groups excluding carboxylic acids is 3. The Morgan fingerprint density at radius 1 is 0.290 bits per heavy atom. The van der Waals surface area contributed by atoms with Crippen molar-refractivity contribution in [2.24, 2.45) is 0 Å². The lowest BCUT2D eigenvalue weighted by molar-refractivity contribution is -0.166. The average molecular weight is 951 g/mol. The predicted molar refractivity (Wildman–Crippen MR) is 297 cm³/mol. The van der Waals surface area contributed by atoms with Crippen LogP contribution in [-0.2, 0) is 28.6 Å². The van der Waals surface area contributed by atoms with Crippen LogP contribution >= 0.6 is 0 Å². The van der Waals surface area contributed by atoms with E-state index in [2.05, 4.69) is 142 Å². The van der Waals surface area contributed by atoms with E-state index in [0.717, 1.165) is 96.3 Å². The van der Waals surface area contributed by atoms with Crippen LogP contribution in [0, 0.1) is 0 Å². The van der Waals surface area contributed by atoms with E-state index in [9.17, 15) is 14.4 Å². The third-order valence-corrected chi connectivity index (χ3v) is 10.8. The van der Waals surface area contributed by atoms with Gasteiger partial charge < -0.3 is 14.2 Å². The van der Waals surface area contributed by atoms with Crippen molar-refractivity contribution in [3.63, 3.8) is 0 Å². The van der Waals surface area contributed by atoms with Crippen molar-refractivity contribution >= 4 is 17.9 Å². The molecule has 0 saturated carbocycles. The van der Waals surface area contributed by atoms with Gasteiger partial charge in [-0.3, -0.25) is 14.4 Å². The summed E-state index contributed by atoms with van der Waals surface area (Å²) in [6.07, 6.45) is 80.2. The molecule has 0 fully saturated rings. The van der Waals surface area contributed by atoms with Gasteiger partial charge in [0.05, 0.1) is 0 Å². The minimum absolute atomic E-state index is 0.135. The van der Waals surface area contributed by atoms with E-state index < -0.39 is 12.1 Å². The molecule has 69 heavy (non-hydrogen) atoms. The van der Waals surface area contributed by atoms with Crippen molar-refractivity contribution in [2.75, 3.05) is 13.2 Å². The van der Waals surface area contributed by atoms with E-state index in [-0.39, 0.29) is 38.0 Å². The van der Waals surface area contributed by atoms with Crippen molar-refractivity contribution in [3.8, 4) is 0 Å². The lowest BCUT2D eigenvalue weighted by Gasteiger charge is -2.18. The lowest BCUT2D eigenvalue weighted by Crippen LogP contribution is -2.30. The van der Waals surface area contributed by atoms with E-state index in [4.69, 9.17) is 14.2 Å². The maximum Gasteiger partial charge on any atom is 0.306 e. The molecule has 0 aliphatic carbocycles. The highest BCUT2D eigenvalue weighted by Gasteiger charge is 2.19. The van der Waals surface area contributed by atoms with Gasteiger partial charge in [0.15, 0.2) is 6.10 Å². The van der Waals surface area contributed by atoms with E-state index in [1.165, 1.54) is 64.2 Å². The predicted octanol–water partition coefficient (Wildman–Crippen LogP) is 18.4. The molecule has 0 heterocycles. The van der Waals surface area contributed by atoms with Gasteiger partial charge in [-0.25, -0.2) is 0 Å². The topological polar surface area (TPSA) is 78.9 Å². The highest BCUT2D eigenvalue weighted by atomic mass is 16.6. The van der Waals surface area contributed by atoms with E-state index in [1.807, 2.05) is 24.3 Å². The van der Waals surface area contributed by atoms with E-state index in [0.29, 0.717) is 19.3 Å². The second kappa shape index (κ2) is 55.9. The second-order valence-corrected chi connectivity index (χ2v) is 17.3. The molecule has 0 saturated heterocycles. The molecule has 1 atom stereocenters. The van der Waals surface area contributed by atoms with Gasteiger partial charge in [0.2, 0.25) is 0 Å². The van der Waals surface area contributed by atoms with Gasteiger partial charge in [-0.1, -0.05) is 231 Å². The van der Waals surface area contributed by atoms with E-state index in [1.54, 1.807) is 0 Å². The van der Waals surface area contributed by atoms with Gasteiger partial charge in [0, 0.05) is 19.3 Å². The van der Waals surface area contributed by atoms with Gasteiger partial charge in [0.1, 0.15) is 13.2 Å². The van der Waals surface area contributed by atoms with Crippen LogP contribution in [0.2, 0.25) is 0 Å². The molecule has 0 aliphatic heterocycles. The summed E-state index contributed by atoms with van der Waals surface area (Å²) in [7, 11) is 0. The first-order valence-corrected chi connectivity index (χ1v) is 27.3. The molecule has 0 aromatic rings. The SMILES string of the molecule is CC/C=C\C/C=C\C/C=C\C/C=C\CCCCCCCCCCCCCCC(=O)OCC(COC(=O)CC/C=C\C/C=C\C/C=C\C/C=C\CC)OC(=O)CC/C=C\C/C=C\C/C=C\C/C=C\CC. The summed E-state index contributed by atoms with van der Waals surface area (Å²) in [5.41, 5.74) is 0. The van der Waals surface area contributed by atoms with Crippen LogP contribution in [0.25, 0.3) is 0 Å². The molecule has 6 heteroatoms. The molecule has 0 amide bonds. The molecule has 386 valence electrons. The molecular weight excluding hydrogens is 853 g/mol. The maximum atomic E-state index is 12.8. The minimum atomic E-state index is -0.851. The fraction of sp³-hybridized carbons (Fsp3) is 0.571. The summed E-state index contributed by atoms with van der Waals surface area (Å²) >= 11 is 0. The van der Waals surface area contributed by atoms with Crippen molar-refractivity contribution in [2.45, 2.75) is 219 Å². The molecule has 0 rings (SSSR count). The zero-order chi connectivity index (χ0) is 50.0. The van der Waals surface area contributed by atoms with Gasteiger partial charge in [-0.2, -0.15) is 0 Å². The molecule has 0 aromatic carbocycles. The summed E-state index contributed by atoms with van der Waals surface area (Å²) in [6, 6.07) is 0. The molecule has 0 aromatic heterocycles. The first-order chi connectivity index (χ1) is 34.0. The first kappa shape index (κ1) is 64.3. The summed E-state index contributed by atoms with van der Waals surface area (Å²) in [6.45, 7) is 6.15. The summed E-state index contributed by atoms with van der Waals surface area (Å²) in [4.78, 5) is 38.0. The third-order valence-electron chi connectivity index (χ3n) is 10.8. The van der Waals surface area contributed by atoms with Crippen LogP contribution in [0.4, 0.5) is 0 Å². The van der Waals surface area contributed by atoms with Crippen molar-refractivity contribution in [1.29, 1.82) is 0 Å². The highest BCUT2D eigenvalue weighted by Crippen LogP contribution is 2.14. The number of allylic oxidation sites excluding steroid dienone is 24. The summed E-state index contributed by atoms with van der Waals surface area (Å²) < 4.78 is 16.7. The molecule has 0 radical (unpaired) electrons. The summed E-state index contributed by atoms with van der Waals surface area (Å²) in [5.74, 6) is -1.11. The quantitative estimate of drug-likeness (QED) is 0.0262. The smallest absolute Gasteiger partial charge is 0.306 e. The monoisotopic (exact) mass is 951 g/mol. The minimum Gasteiger partial charge on any atom is -0.462 e. The lowest BCUT2D eigenvalue weighted by atomic mass is 10.0. The zero-order valence-corrected chi connectivity index (χ0v) is 44.0. The molecule has 0 aliphatic rings. The third kappa shape index (κ3) is 54.1. The van der Waals surface area contributed by atoms with Crippen LogP contribution in [0.1, 0.15) is 213 Å². The Labute approximate surface area is 423 Å². The number of unbranched alkanes of at least 4 members (excludes halogenated alkanes) is 12. The first-order valence-electron chi connectivity index (χ1n) is 27.3. The van der Waals surface area contributed by atoms with Gasteiger partial charge in [0.25, 0.3) is 0 Å². The highest BCUT2D eigenvalue weighted by molar-refractivity contribution is 5.71.